The summed E-state index contributed by atoms with van der Waals surface area (Å²) in [6.45, 7) is 2.00. The molecule has 4 heterocycles. The van der Waals surface area contributed by atoms with Gasteiger partial charge in [0.25, 0.3) is 5.91 Å². The molecule has 136 valence electrons. The number of aromatic nitrogens is 4. The van der Waals surface area contributed by atoms with E-state index in [0.717, 1.165) is 28.1 Å². The van der Waals surface area contributed by atoms with Crippen molar-refractivity contribution in [3.05, 3.63) is 90.5 Å². The minimum absolute atomic E-state index is 0.274. The highest BCUT2D eigenvalue weighted by Crippen LogP contribution is 2.29. The highest BCUT2D eigenvalue weighted by Gasteiger charge is 2.18. The zero-order chi connectivity index (χ0) is 19.1. The quantitative estimate of drug-likeness (QED) is 0.520. The third-order valence-corrected chi connectivity index (χ3v) is 4.66. The third-order valence-electron chi connectivity index (χ3n) is 4.66. The first kappa shape index (κ1) is 16.3. The highest BCUT2D eigenvalue weighted by molar-refractivity contribution is 6.04. The Balaban J connectivity index is 1.59. The van der Waals surface area contributed by atoms with Gasteiger partial charge in [0.2, 0.25) is 0 Å². The van der Waals surface area contributed by atoms with Crippen LogP contribution in [0.5, 0.6) is 0 Å². The number of carbonyl (C=O) groups is 1. The lowest BCUT2D eigenvalue weighted by molar-refractivity contribution is 0.102. The molecule has 0 radical (unpaired) electrons. The van der Waals surface area contributed by atoms with Crippen LogP contribution in [-0.2, 0) is 0 Å². The van der Waals surface area contributed by atoms with Crippen LogP contribution in [0, 0.1) is 6.92 Å². The van der Waals surface area contributed by atoms with Gasteiger partial charge in [0.05, 0.1) is 0 Å². The van der Waals surface area contributed by atoms with Crippen molar-refractivity contribution in [3.8, 4) is 11.3 Å². The molecular formula is C22H17N5O. The van der Waals surface area contributed by atoms with E-state index < -0.39 is 0 Å². The molecule has 6 nitrogen and oxygen atoms in total. The van der Waals surface area contributed by atoms with Gasteiger partial charge < -0.3 is 9.72 Å². The normalized spacial score (nSPS) is 11.2. The SMILES string of the molecule is Cc1ccn2cc(C(=O)Nc3c(-c4ccccc4)nc4ccccn34)nc2c1. The zero-order valence-electron chi connectivity index (χ0n) is 15.2. The van der Waals surface area contributed by atoms with Crippen molar-refractivity contribution in [2.45, 2.75) is 6.92 Å². The van der Waals surface area contributed by atoms with E-state index in [1.54, 1.807) is 6.20 Å². The Kier molecular flexibility index (Phi) is 3.69. The summed E-state index contributed by atoms with van der Waals surface area (Å²) in [7, 11) is 0. The largest absolute Gasteiger partial charge is 0.306 e. The Labute approximate surface area is 161 Å². The average molecular weight is 367 g/mol. The van der Waals surface area contributed by atoms with E-state index in [-0.39, 0.29) is 5.91 Å². The molecule has 0 fully saturated rings. The third kappa shape index (κ3) is 2.72. The molecule has 4 aromatic heterocycles. The number of benzene rings is 1. The number of pyridine rings is 2. The number of fused-ring (bicyclic) bond motifs is 2. The number of nitrogens with one attached hydrogen (secondary N) is 1. The van der Waals surface area contributed by atoms with Crippen LogP contribution < -0.4 is 5.32 Å². The number of aryl methyl sites for hydroxylation is 1. The maximum Gasteiger partial charge on any atom is 0.277 e. The monoisotopic (exact) mass is 367 g/mol. The van der Waals surface area contributed by atoms with Crippen molar-refractivity contribution in [3.63, 3.8) is 0 Å². The van der Waals surface area contributed by atoms with Gasteiger partial charge in [0, 0.05) is 24.2 Å². The van der Waals surface area contributed by atoms with Crippen LogP contribution in [0.3, 0.4) is 0 Å². The summed E-state index contributed by atoms with van der Waals surface area (Å²) in [5.74, 6) is 0.351. The van der Waals surface area contributed by atoms with Gasteiger partial charge in [-0.25, -0.2) is 9.97 Å². The average Bonchev–Trinajstić information content (AvgIpc) is 3.30. The van der Waals surface area contributed by atoms with E-state index in [1.165, 1.54) is 0 Å². The lowest BCUT2D eigenvalue weighted by Gasteiger charge is -2.06. The van der Waals surface area contributed by atoms with Crippen LogP contribution in [0.2, 0.25) is 0 Å². The summed E-state index contributed by atoms with van der Waals surface area (Å²) >= 11 is 0. The van der Waals surface area contributed by atoms with Crippen LogP contribution in [0.1, 0.15) is 16.1 Å². The first-order valence-electron chi connectivity index (χ1n) is 8.98. The molecule has 5 aromatic rings. The number of hydrogen-bond donors (Lipinski definition) is 1. The van der Waals surface area contributed by atoms with Gasteiger partial charge in [0.15, 0.2) is 0 Å². The zero-order valence-corrected chi connectivity index (χ0v) is 15.2. The summed E-state index contributed by atoms with van der Waals surface area (Å²) in [4.78, 5) is 22.1. The van der Waals surface area contributed by atoms with E-state index in [9.17, 15) is 4.79 Å². The summed E-state index contributed by atoms with van der Waals surface area (Å²) in [5.41, 5.74) is 4.62. The number of anilines is 1. The molecule has 1 aromatic carbocycles. The van der Waals surface area contributed by atoms with Gasteiger partial charge in [-0.2, -0.15) is 0 Å². The Morgan fingerprint density at radius 1 is 0.929 bits per heavy atom. The summed E-state index contributed by atoms with van der Waals surface area (Å²) in [5, 5.41) is 3.01. The van der Waals surface area contributed by atoms with Crippen molar-refractivity contribution >= 4 is 23.0 Å². The molecule has 1 amide bonds. The maximum absolute atomic E-state index is 13.0. The molecule has 0 unspecified atom stereocenters. The predicted molar refractivity (Wildman–Crippen MR) is 109 cm³/mol. The van der Waals surface area contributed by atoms with Crippen LogP contribution in [0.15, 0.2) is 79.3 Å². The van der Waals surface area contributed by atoms with Gasteiger partial charge in [-0.3, -0.25) is 9.20 Å². The lowest BCUT2D eigenvalue weighted by atomic mass is 10.1. The smallest absolute Gasteiger partial charge is 0.277 e. The number of amides is 1. The number of hydrogen-bond acceptors (Lipinski definition) is 3. The Morgan fingerprint density at radius 2 is 1.75 bits per heavy atom. The first-order valence-corrected chi connectivity index (χ1v) is 8.98. The summed E-state index contributed by atoms with van der Waals surface area (Å²) < 4.78 is 3.72. The Bertz CT molecular complexity index is 1320. The van der Waals surface area contributed by atoms with Crippen LogP contribution >= 0.6 is 0 Å². The Morgan fingerprint density at radius 3 is 2.61 bits per heavy atom. The van der Waals surface area contributed by atoms with Crippen molar-refractivity contribution < 1.29 is 4.79 Å². The van der Waals surface area contributed by atoms with Crippen LogP contribution in [0.4, 0.5) is 5.82 Å². The maximum atomic E-state index is 13.0. The van der Waals surface area contributed by atoms with Gasteiger partial charge >= 0.3 is 0 Å². The van der Waals surface area contributed by atoms with E-state index in [0.29, 0.717) is 11.5 Å². The second-order valence-electron chi connectivity index (χ2n) is 6.65. The van der Waals surface area contributed by atoms with E-state index in [1.807, 2.05) is 88.8 Å². The minimum Gasteiger partial charge on any atom is -0.306 e. The molecule has 0 spiro atoms. The molecule has 28 heavy (non-hydrogen) atoms. The molecule has 5 rings (SSSR count). The van der Waals surface area contributed by atoms with Gasteiger partial charge in [-0.1, -0.05) is 36.4 Å². The molecule has 0 aliphatic rings. The molecule has 0 saturated carbocycles. The molecule has 0 bridgehead atoms. The van der Waals surface area contributed by atoms with E-state index in [2.05, 4.69) is 10.3 Å². The fourth-order valence-electron chi connectivity index (χ4n) is 3.28. The molecule has 0 saturated heterocycles. The summed E-state index contributed by atoms with van der Waals surface area (Å²) in [6.07, 6.45) is 5.52. The second kappa shape index (κ2) is 6.35. The van der Waals surface area contributed by atoms with Crippen molar-refractivity contribution in [1.29, 1.82) is 0 Å². The number of imidazole rings is 2. The van der Waals surface area contributed by atoms with E-state index in [4.69, 9.17) is 4.98 Å². The highest BCUT2D eigenvalue weighted by atomic mass is 16.2. The standard InChI is InChI=1S/C22H17N5O/c1-15-10-12-26-14-17(23-19(26)13-15)22(28)25-21-20(16-7-3-2-4-8-16)24-18-9-5-6-11-27(18)21/h2-14H,1H3,(H,25,28). The van der Waals surface area contributed by atoms with Gasteiger partial charge in [-0.15, -0.1) is 0 Å². The second-order valence-corrected chi connectivity index (χ2v) is 6.65. The van der Waals surface area contributed by atoms with Crippen molar-refractivity contribution in [1.82, 2.24) is 18.8 Å². The van der Waals surface area contributed by atoms with Crippen LogP contribution in [0.25, 0.3) is 22.6 Å². The molecule has 0 atom stereocenters. The molecule has 6 heteroatoms. The van der Waals surface area contributed by atoms with Crippen molar-refractivity contribution in [2.24, 2.45) is 0 Å². The fraction of sp³-hybridized carbons (Fsp3) is 0.0455. The van der Waals surface area contributed by atoms with Crippen LogP contribution in [-0.4, -0.2) is 24.7 Å². The molecule has 1 N–H and O–H groups in total. The summed E-state index contributed by atoms with van der Waals surface area (Å²) in [6, 6.07) is 19.5. The molecule has 0 aliphatic carbocycles. The lowest BCUT2D eigenvalue weighted by Crippen LogP contribution is -2.14. The number of rotatable bonds is 3. The van der Waals surface area contributed by atoms with Gasteiger partial charge in [-0.05, 0) is 36.8 Å². The predicted octanol–water partition coefficient (Wildman–Crippen LogP) is 4.21. The fourth-order valence-corrected chi connectivity index (χ4v) is 3.28. The number of nitrogens with zero attached hydrogens (tertiary/aromatic N) is 4. The van der Waals surface area contributed by atoms with Gasteiger partial charge in [0.1, 0.15) is 28.5 Å². The van der Waals surface area contributed by atoms with Crippen molar-refractivity contribution in [2.75, 3.05) is 5.32 Å². The molecular weight excluding hydrogens is 350 g/mol. The minimum atomic E-state index is -0.274. The first-order chi connectivity index (χ1) is 13.7. The number of carbonyl (C=O) groups excluding carboxylic acids is 1. The Hall–Kier alpha value is -3.93. The van der Waals surface area contributed by atoms with E-state index >= 15 is 0 Å². The topological polar surface area (TPSA) is 63.7 Å². The molecule has 0 aliphatic heterocycles.